The Morgan fingerprint density at radius 1 is 0.967 bits per heavy atom. The van der Waals surface area contributed by atoms with E-state index in [-0.39, 0.29) is 10.8 Å². The van der Waals surface area contributed by atoms with Crippen molar-refractivity contribution in [1.29, 1.82) is 0 Å². The van der Waals surface area contributed by atoms with Gasteiger partial charge in [-0.1, -0.05) is 36.4 Å². The number of nitrogens with one attached hydrogen (secondary N) is 1. The van der Waals surface area contributed by atoms with Crippen LogP contribution < -0.4 is 9.46 Å². The lowest BCUT2D eigenvalue weighted by Gasteiger charge is -2.18. The molecule has 6 nitrogen and oxygen atoms in total. The second kappa shape index (κ2) is 9.45. The summed E-state index contributed by atoms with van der Waals surface area (Å²) in [5.74, 6) is 0.539. The largest absolute Gasteiger partial charge is 0.492 e. The van der Waals surface area contributed by atoms with Crippen LogP contribution in [0.2, 0.25) is 0 Å². The highest BCUT2D eigenvalue weighted by Crippen LogP contribution is 2.18. The maximum absolute atomic E-state index is 12.7. The molecule has 0 aliphatic heterocycles. The van der Waals surface area contributed by atoms with E-state index in [1.54, 1.807) is 48.3 Å². The molecule has 156 valence electrons. The number of likely N-dealkylation sites (N-methyl/N-ethyl adjacent to an activating group) is 1. The van der Waals surface area contributed by atoms with Crippen LogP contribution in [0.15, 0.2) is 83.8 Å². The number of anilines is 1. The molecule has 0 heterocycles. The maximum Gasteiger partial charge on any atom is 0.261 e. The molecule has 0 atom stereocenters. The summed E-state index contributed by atoms with van der Waals surface area (Å²) >= 11 is 0. The van der Waals surface area contributed by atoms with E-state index in [1.807, 2.05) is 31.2 Å². The molecule has 0 aromatic heterocycles. The van der Waals surface area contributed by atoms with E-state index < -0.39 is 10.0 Å². The van der Waals surface area contributed by atoms with Crippen LogP contribution in [0.25, 0.3) is 0 Å². The summed E-state index contributed by atoms with van der Waals surface area (Å²) in [6, 6.07) is 22.2. The van der Waals surface area contributed by atoms with Crippen molar-refractivity contribution in [3.05, 3.63) is 90.0 Å². The van der Waals surface area contributed by atoms with Crippen molar-refractivity contribution in [3.63, 3.8) is 0 Å². The van der Waals surface area contributed by atoms with Gasteiger partial charge in [0.25, 0.3) is 15.9 Å². The first-order chi connectivity index (χ1) is 14.3. The summed E-state index contributed by atoms with van der Waals surface area (Å²) < 4.78 is 33.2. The zero-order valence-corrected chi connectivity index (χ0v) is 17.7. The van der Waals surface area contributed by atoms with Crippen molar-refractivity contribution in [2.45, 2.75) is 11.8 Å². The Morgan fingerprint density at radius 2 is 1.70 bits per heavy atom. The third-order valence-corrected chi connectivity index (χ3v) is 5.84. The van der Waals surface area contributed by atoms with Crippen LogP contribution in [0.3, 0.4) is 0 Å². The second-order valence-electron chi connectivity index (χ2n) is 6.89. The molecule has 0 aliphatic rings. The summed E-state index contributed by atoms with van der Waals surface area (Å²) in [5.41, 5.74) is 1.82. The highest BCUT2D eigenvalue weighted by atomic mass is 32.2. The third-order valence-electron chi connectivity index (χ3n) is 4.45. The lowest BCUT2D eigenvalue weighted by molar-refractivity contribution is 0.0774. The highest BCUT2D eigenvalue weighted by molar-refractivity contribution is 7.92. The average molecular weight is 425 g/mol. The average Bonchev–Trinajstić information content (AvgIpc) is 2.74. The Bertz CT molecular complexity index is 1110. The molecule has 30 heavy (non-hydrogen) atoms. The first-order valence-electron chi connectivity index (χ1n) is 9.48. The smallest absolute Gasteiger partial charge is 0.261 e. The van der Waals surface area contributed by atoms with Gasteiger partial charge in [-0.25, -0.2) is 8.42 Å². The molecule has 3 rings (SSSR count). The quantitative estimate of drug-likeness (QED) is 0.594. The summed E-state index contributed by atoms with van der Waals surface area (Å²) in [6.07, 6.45) is 0. The lowest BCUT2D eigenvalue weighted by Crippen LogP contribution is -2.31. The van der Waals surface area contributed by atoms with E-state index in [0.29, 0.717) is 24.4 Å². The van der Waals surface area contributed by atoms with Gasteiger partial charge in [0.05, 0.1) is 11.4 Å². The van der Waals surface area contributed by atoms with Gasteiger partial charge in [0.1, 0.15) is 12.4 Å². The molecule has 0 aliphatic carbocycles. The number of carbonyl (C=O) groups is 1. The predicted octanol–water partition coefficient (Wildman–Crippen LogP) is 3.95. The zero-order valence-electron chi connectivity index (χ0n) is 16.9. The van der Waals surface area contributed by atoms with Crippen molar-refractivity contribution in [3.8, 4) is 5.75 Å². The van der Waals surface area contributed by atoms with Crippen LogP contribution in [-0.2, 0) is 10.0 Å². The van der Waals surface area contributed by atoms with Crippen LogP contribution in [-0.4, -0.2) is 39.4 Å². The van der Waals surface area contributed by atoms with Gasteiger partial charge in [0.15, 0.2) is 0 Å². The van der Waals surface area contributed by atoms with Gasteiger partial charge in [-0.05, 0) is 55.0 Å². The maximum atomic E-state index is 12.7. The molecular weight excluding hydrogens is 400 g/mol. The van der Waals surface area contributed by atoms with Gasteiger partial charge < -0.3 is 9.64 Å². The molecule has 0 fully saturated rings. The predicted molar refractivity (Wildman–Crippen MR) is 117 cm³/mol. The van der Waals surface area contributed by atoms with Gasteiger partial charge in [0.2, 0.25) is 0 Å². The Morgan fingerprint density at radius 3 is 2.43 bits per heavy atom. The molecule has 0 spiro atoms. The Labute approximate surface area is 177 Å². The SMILES string of the molecule is Cc1cccc(OCCN(C)C(=O)c2cccc(NS(=O)(=O)c3ccccc3)c2)c1. The number of aryl methyl sites for hydroxylation is 1. The highest BCUT2D eigenvalue weighted by Gasteiger charge is 2.16. The molecule has 0 saturated carbocycles. The standard InChI is InChI=1S/C23H24N2O4S/c1-18-8-6-11-21(16-18)29-15-14-25(2)23(26)19-9-7-10-20(17-19)24-30(27,28)22-12-4-3-5-13-22/h3-13,16-17,24H,14-15H2,1-2H3. The second-order valence-corrected chi connectivity index (χ2v) is 8.57. The topological polar surface area (TPSA) is 75.7 Å². The van der Waals surface area contributed by atoms with Gasteiger partial charge in [-0.2, -0.15) is 0 Å². The van der Waals surface area contributed by atoms with Crippen LogP contribution in [0, 0.1) is 6.92 Å². The molecule has 1 amide bonds. The molecule has 0 bridgehead atoms. The number of benzene rings is 3. The monoisotopic (exact) mass is 424 g/mol. The normalized spacial score (nSPS) is 11.0. The van der Waals surface area contributed by atoms with E-state index >= 15 is 0 Å². The van der Waals surface area contributed by atoms with Crippen LogP contribution >= 0.6 is 0 Å². The fraction of sp³-hybridized carbons (Fsp3) is 0.174. The molecule has 1 N–H and O–H groups in total. The van der Waals surface area contributed by atoms with Crippen LogP contribution in [0.5, 0.6) is 5.75 Å². The molecule has 0 saturated heterocycles. The number of carbonyl (C=O) groups excluding carboxylic acids is 1. The van der Waals surface area contributed by atoms with Gasteiger partial charge in [-0.15, -0.1) is 0 Å². The first kappa shape index (κ1) is 21.4. The Kier molecular flexibility index (Phi) is 6.74. The van der Waals surface area contributed by atoms with Crippen molar-refractivity contribution in [1.82, 2.24) is 4.90 Å². The molecule has 3 aromatic rings. The minimum absolute atomic E-state index is 0.159. The molecule has 0 unspecified atom stereocenters. The van der Waals surface area contributed by atoms with E-state index in [0.717, 1.165) is 11.3 Å². The van der Waals surface area contributed by atoms with E-state index in [1.165, 1.54) is 18.2 Å². The van der Waals surface area contributed by atoms with Crippen molar-refractivity contribution in [2.24, 2.45) is 0 Å². The van der Waals surface area contributed by atoms with Gasteiger partial charge >= 0.3 is 0 Å². The number of amides is 1. The molecule has 3 aromatic carbocycles. The Hall–Kier alpha value is -3.32. The van der Waals surface area contributed by atoms with Crippen LogP contribution in [0.4, 0.5) is 5.69 Å². The zero-order chi connectivity index (χ0) is 21.6. The summed E-state index contributed by atoms with van der Waals surface area (Å²) in [4.78, 5) is 14.4. The van der Waals surface area contributed by atoms with Crippen LogP contribution in [0.1, 0.15) is 15.9 Å². The number of rotatable bonds is 8. The number of sulfonamides is 1. The van der Waals surface area contributed by atoms with Crippen molar-refractivity contribution < 1.29 is 17.9 Å². The minimum atomic E-state index is -3.72. The molecular formula is C23H24N2O4S. The summed E-state index contributed by atoms with van der Waals surface area (Å²) in [6.45, 7) is 2.74. The van der Waals surface area contributed by atoms with Crippen molar-refractivity contribution >= 4 is 21.6 Å². The Balaban J connectivity index is 1.62. The number of nitrogens with zero attached hydrogens (tertiary/aromatic N) is 1. The number of hydrogen-bond acceptors (Lipinski definition) is 4. The van der Waals surface area contributed by atoms with Crippen molar-refractivity contribution in [2.75, 3.05) is 24.9 Å². The van der Waals surface area contributed by atoms with Gasteiger partial charge in [0, 0.05) is 18.3 Å². The summed E-state index contributed by atoms with van der Waals surface area (Å²) in [7, 11) is -2.04. The summed E-state index contributed by atoms with van der Waals surface area (Å²) in [5, 5.41) is 0. The fourth-order valence-corrected chi connectivity index (χ4v) is 3.93. The van der Waals surface area contributed by atoms with Gasteiger partial charge in [-0.3, -0.25) is 9.52 Å². The number of ether oxygens (including phenoxy) is 1. The third kappa shape index (κ3) is 5.61. The first-order valence-corrected chi connectivity index (χ1v) is 11.0. The molecule has 0 radical (unpaired) electrons. The van der Waals surface area contributed by atoms with E-state index in [4.69, 9.17) is 4.74 Å². The number of hydrogen-bond donors (Lipinski definition) is 1. The van der Waals surface area contributed by atoms with E-state index in [9.17, 15) is 13.2 Å². The molecule has 7 heteroatoms. The lowest BCUT2D eigenvalue weighted by atomic mass is 10.2. The minimum Gasteiger partial charge on any atom is -0.492 e. The fourth-order valence-electron chi connectivity index (χ4n) is 2.86. The van der Waals surface area contributed by atoms with E-state index in [2.05, 4.69) is 4.72 Å².